The van der Waals surface area contributed by atoms with Gasteiger partial charge in [0.2, 0.25) is 0 Å². The molecular weight excluding hydrogens is 640 g/mol. The molecular formula is C25H20BrN6O7S2-. The van der Waals surface area contributed by atoms with Crippen LogP contribution in [0.5, 0.6) is 5.75 Å². The molecule has 41 heavy (non-hydrogen) atoms. The zero-order valence-electron chi connectivity index (χ0n) is 21.1. The molecule has 5 rings (SSSR count). The third kappa shape index (κ3) is 6.63. The van der Waals surface area contributed by atoms with Gasteiger partial charge >= 0.3 is 11.1 Å². The lowest BCUT2D eigenvalue weighted by Gasteiger charge is -2.07. The fraction of sp³-hybridized carbons (Fsp3) is 0.120. The van der Waals surface area contributed by atoms with Gasteiger partial charge in [0.25, 0.3) is 11.7 Å². The number of thiazole rings is 1. The van der Waals surface area contributed by atoms with Crippen LogP contribution in [0.1, 0.15) is 20.7 Å². The van der Waals surface area contributed by atoms with Gasteiger partial charge in [0.1, 0.15) is 5.75 Å². The Labute approximate surface area is 249 Å². The van der Waals surface area contributed by atoms with E-state index in [1.807, 2.05) is 24.3 Å². The molecule has 16 heteroatoms. The molecule has 0 radical (unpaired) electrons. The Kier molecular flexibility index (Phi) is 9.51. The fourth-order valence-corrected chi connectivity index (χ4v) is 4.87. The Hall–Kier alpha value is -4.09. The Morgan fingerprint density at radius 3 is 2.54 bits per heavy atom. The summed E-state index contributed by atoms with van der Waals surface area (Å²) in [4.78, 5) is 31.5. The summed E-state index contributed by atoms with van der Waals surface area (Å²) in [7, 11) is 1.43. The van der Waals surface area contributed by atoms with Gasteiger partial charge in [-0.3, -0.25) is 8.98 Å². The van der Waals surface area contributed by atoms with Crippen LogP contribution in [0.2, 0.25) is 0 Å². The monoisotopic (exact) mass is 659 g/mol. The van der Waals surface area contributed by atoms with Gasteiger partial charge in [-0.15, -0.1) is 0 Å². The van der Waals surface area contributed by atoms with E-state index in [9.17, 15) is 23.5 Å². The molecule has 0 saturated carbocycles. The lowest BCUT2D eigenvalue weighted by molar-refractivity contribution is -0.734. The lowest BCUT2D eigenvalue weighted by Crippen LogP contribution is -3.00. The largest absolute Gasteiger partial charge is 1.00 e. The Morgan fingerprint density at radius 2 is 1.85 bits per heavy atom. The highest BCUT2D eigenvalue weighted by Gasteiger charge is 2.27. The van der Waals surface area contributed by atoms with Gasteiger partial charge in [-0.2, -0.15) is 0 Å². The van der Waals surface area contributed by atoms with Crippen molar-refractivity contribution >= 4 is 44.8 Å². The van der Waals surface area contributed by atoms with Gasteiger partial charge in [0.15, 0.2) is 11.2 Å². The SMILES string of the molecule is COc1cc(C(=O)O)ccc1-n1nc(-c2ccc(C(=O)NCCOS(=O)[O-])cc2)n[n+]1-c1nc2ccccc2s1.[Br-]. The maximum atomic E-state index is 12.4. The predicted molar refractivity (Wildman–Crippen MR) is 142 cm³/mol. The van der Waals surface area contributed by atoms with Gasteiger partial charge in [-0.25, -0.2) is 9.00 Å². The maximum absolute atomic E-state index is 12.4. The number of carboxylic acid groups (broad SMARTS) is 1. The van der Waals surface area contributed by atoms with E-state index in [2.05, 4.69) is 24.7 Å². The standard InChI is InChI=1S/C25H20N6O7S2.BrH/c1-37-20-14-17(24(33)34)10-11-19(20)30-28-22(29-31(30)25-27-18-4-2-3-5-21(18)39-25)15-6-8-16(9-7-15)23(32)26-12-13-38-40(35)36;/h2-11,14H,12-13H2,1H3,(H2-,26,32,33,34,35,36);1H/p-1. The number of carboxylic acids is 1. The predicted octanol–water partition coefficient (Wildman–Crippen LogP) is -0.928. The highest BCUT2D eigenvalue weighted by Crippen LogP contribution is 2.26. The molecule has 0 aliphatic carbocycles. The van der Waals surface area contributed by atoms with Crippen molar-refractivity contribution in [3.63, 3.8) is 0 Å². The van der Waals surface area contributed by atoms with E-state index in [1.54, 1.807) is 30.3 Å². The second-order valence-corrected chi connectivity index (χ2v) is 9.77. The number of para-hydroxylation sites is 1. The fourth-order valence-electron chi connectivity index (χ4n) is 3.75. The number of aromatic carboxylic acids is 1. The van der Waals surface area contributed by atoms with Crippen LogP contribution in [0.4, 0.5) is 0 Å². The first-order chi connectivity index (χ1) is 19.3. The number of rotatable bonds is 10. The number of hydrogen-bond acceptors (Lipinski definition) is 10. The second kappa shape index (κ2) is 13.0. The van der Waals surface area contributed by atoms with Gasteiger partial charge in [0, 0.05) is 22.8 Å². The third-order valence-corrected chi connectivity index (χ3v) is 6.99. The first-order valence-electron chi connectivity index (χ1n) is 11.6. The summed E-state index contributed by atoms with van der Waals surface area (Å²) in [5.74, 6) is -0.928. The summed E-state index contributed by atoms with van der Waals surface area (Å²) in [6.07, 6.45) is 0. The van der Waals surface area contributed by atoms with Crippen molar-refractivity contribution < 1.29 is 54.2 Å². The van der Waals surface area contributed by atoms with Crippen molar-refractivity contribution in [2.75, 3.05) is 20.3 Å². The van der Waals surface area contributed by atoms with Crippen LogP contribution in [0.25, 0.3) is 32.4 Å². The van der Waals surface area contributed by atoms with Crippen LogP contribution < -0.4 is 31.8 Å². The number of carbonyl (C=O) groups excluding carboxylic acids is 1. The minimum atomic E-state index is -2.64. The minimum absolute atomic E-state index is 0. The summed E-state index contributed by atoms with van der Waals surface area (Å²) < 4.78 is 31.7. The first-order valence-corrected chi connectivity index (χ1v) is 13.4. The molecule has 5 aromatic rings. The van der Waals surface area contributed by atoms with Crippen molar-refractivity contribution in [3.05, 3.63) is 77.9 Å². The van der Waals surface area contributed by atoms with E-state index >= 15 is 0 Å². The second-order valence-electron chi connectivity index (χ2n) is 8.12. The van der Waals surface area contributed by atoms with Crippen LogP contribution in [-0.4, -0.2) is 66.0 Å². The number of halogens is 1. The maximum Gasteiger partial charge on any atom is 0.365 e. The molecule has 1 atom stereocenters. The molecule has 0 aliphatic rings. The molecule has 13 nitrogen and oxygen atoms in total. The molecule has 1 unspecified atom stereocenters. The first kappa shape index (κ1) is 29.9. The van der Waals surface area contributed by atoms with Crippen molar-refractivity contribution in [2.45, 2.75) is 0 Å². The molecule has 0 aliphatic heterocycles. The Bertz CT molecular complexity index is 1710. The normalized spacial score (nSPS) is 11.6. The summed E-state index contributed by atoms with van der Waals surface area (Å²) in [6, 6.07) is 18.5. The molecule has 0 spiro atoms. The molecule has 2 heterocycles. The summed E-state index contributed by atoms with van der Waals surface area (Å²) in [5.41, 5.74) is 2.20. The van der Waals surface area contributed by atoms with E-state index in [1.165, 1.54) is 40.2 Å². The average molecular weight is 661 g/mol. The summed E-state index contributed by atoms with van der Waals surface area (Å²) >= 11 is -1.25. The van der Waals surface area contributed by atoms with E-state index in [-0.39, 0.29) is 41.4 Å². The Morgan fingerprint density at radius 1 is 1.12 bits per heavy atom. The van der Waals surface area contributed by atoms with Crippen LogP contribution in [-0.2, 0) is 15.5 Å². The number of carbonyl (C=O) groups is 2. The quantitative estimate of drug-likeness (QED) is 0.108. The molecule has 0 saturated heterocycles. The number of nitrogens with one attached hydrogen (secondary N) is 1. The zero-order valence-corrected chi connectivity index (χ0v) is 24.3. The van der Waals surface area contributed by atoms with Crippen LogP contribution >= 0.6 is 11.3 Å². The van der Waals surface area contributed by atoms with Gasteiger partial charge in [-0.05, 0) is 69.3 Å². The number of nitrogens with zero attached hydrogens (tertiary/aromatic N) is 5. The average Bonchev–Trinajstić information content (AvgIpc) is 3.59. The number of hydrogen-bond donors (Lipinski definition) is 2. The number of methoxy groups -OCH3 is 1. The molecule has 2 N–H and O–H groups in total. The topological polar surface area (TPSA) is 172 Å². The van der Waals surface area contributed by atoms with E-state index in [4.69, 9.17) is 4.74 Å². The smallest absolute Gasteiger partial charge is 0.365 e. The minimum Gasteiger partial charge on any atom is -1.00 e. The van der Waals surface area contributed by atoms with Gasteiger partial charge < -0.3 is 36.7 Å². The number of benzene rings is 3. The number of ether oxygens (including phenoxy) is 1. The zero-order chi connectivity index (χ0) is 28.2. The molecule has 0 fully saturated rings. The summed E-state index contributed by atoms with van der Waals surface area (Å²) in [5, 5.41) is 21.8. The molecule has 1 amide bonds. The van der Waals surface area contributed by atoms with Gasteiger partial charge in [0.05, 0.1) is 35.3 Å². The summed E-state index contributed by atoms with van der Waals surface area (Å²) in [6.45, 7) is -0.158. The number of amides is 1. The van der Waals surface area contributed by atoms with Crippen molar-refractivity contribution in [2.24, 2.45) is 0 Å². The number of aromatic nitrogens is 5. The lowest BCUT2D eigenvalue weighted by atomic mass is 10.1. The van der Waals surface area contributed by atoms with E-state index in [0.717, 1.165) is 10.2 Å². The third-order valence-electron chi connectivity index (χ3n) is 5.63. The van der Waals surface area contributed by atoms with E-state index < -0.39 is 23.2 Å². The molecule has 2 aromatic heterocycles. The van der Waals surface area contributed by atoms with Crippen molar-refractivity contribution in [1.29, 1.82) is 0 Å². The number of fused-ring (bicyclic) bond motifs is 1. The Balaban J connectivity index is 0.00000387. The highest BCUT2D eigenvalue weighted by molar-refractivity contribution is 7.74. The van der Waals surface area contributed by atoms with Crippen LogP contribution in [0, 0.1) is 0 Å². The molecule has 3 aromatic carbocycles. The number of tetrazole rings is 1. The van der Waals surface area contributed by atoms with Crippen LogP contribution in [0.15, 0.2) is 66.7 Å². The molecule has 0 bridgehead atoms. The van der Waals surface area contributed by atoms with Crippen molar-refractivity contribution in [1.82, 2.24) is 25.3 Å². The highest BCUT2D eigenvalue weighted by atomic mass is 79.9. The molecule has 212 valence electrons. The van der Waals surface area contributed by atoms with Crippen LogP contribution in [0.3, 0.4) is 0 Å². The van der Waals surface area contributed by atoms with Gasteiger partial charge in [-0.1, -0.05) is 28.5 Å². The van der Waals surface area contributed by atoms with E-state index in [0.29, 0.717) is 27.8 Å². The van der Waals surface area contributed by atoms with Crippen molar-refractivity contribution in [3.8, 4) is 28.0 Å².